The summed E-state index contributed by atoms with van der Waals surface area (Å²) in [5.41, 5.74) is 0.152. The third kappa shape index (κ3) is 3.56. The van der Waals surface area contributed by atoms with E-state index in [0.29, 0.717) is 5.02 Å². The zero-order valence-corrected chi connectivity index (χ0v) is 10.9. The molecule has 1 aromatic carbocycles. The van der Waals surface area contributed by atoms with E-state index in [1.807, 2.05) is 0 Å². The fourth-order valence-electron chi connectivity index (χ4n) is 1.38. The van der Waals surface area contributed by atoms with Crippen molar-refractivity contribution in [1.82, 2.24) is 0 Å². The van der Waals surface area contributed by atoms with Crippen LogP contribution in [0, 0.1) is 0 Å². The maximum Gasteiger partial charge on any atom is 0.303 e. The normalized spacial score (nSPS) is 11.1. The van der Waals surface area contributed by atoms with Gasteiger partial charge >= 0.3 is 5.97 Å². The minimum Gasteiger partial charge on any atom is -0.458 e. The first kappa shape index (κ1) is 13.7. The number of hydrogen-bond acceptors (Lipinski definition) is 3. The summed E-state index contributed by atoms with van der Waals surface area (Å²) in [5, 5.41) is 0.622. The summed E-state index contributed by atoms with van der Waals surface area (Å²) in [4.78, 5) is 22.6. The average Bonchev–Trinajstić information content (AvgIpc) is 2.26. The van der Waals surface area contributed by atoms with Crippen molar-refractivity contribution < 1.29 is 14.3 Å². The molecule has 4 heteroatoms. The highest BCUT2D eigenvalue weighted by atomic mass is 35.5. The minimum atomic E-state index is -0.694. The van der Waals surface area contributed by atoms with Crippen molar-refractivity contribution in [2.45, 2.75) is 26.2 Å². The molecule has 0 aliphatic heterocycles. The van der Waals surface area contributed by atoms with Crippen LogP contribution in [0.15, 0.2) is 24.3 Å². The molecule has 0 saturated carbocycles. The number of Topliss-reactive ketones (excluding diaryl/α,β-unsaturated/α-hetero) is 1. The van der Waals surface area contributed by atoms with Crippen molar-refractivity contribution in [2.24, 2.45) is 0 Å². The van der Waals surface area contributed by atoms with Gasteiger partial charge in [-0.2, -0.15) is 0 Å². The molecule has 0 amide bonds. The fraction of sp³-hybridized carbons (Fsp3) is 0.385. The van der Waals surface area contributed by atoms with E-state index < -0.39 is 11.4 Å². The predicted octanol–water partition coefficient (Wildman–Crippen LogP) is 2.75. The van der Waals surface area contributed by atoms with E-state index in [1.54, 1.807) is 38.1 Å². The molecule has 0 aliphatic carbocycles. The smallest absolute Gasteiger partial charge is 0.303 e. The minimum absolute atomic E-state index is 0.143. The molecule has 0 fully saturated rings. The molecule has 0 N–H and O–H groups in total. The lowest BCUT2D eigenvalue weighted by atomic mass is 9.81. The lowest BCUT2D eigenvalue weighted by Gasteiger charge is -2.23. The van der Waals surface area contributed by atoms with Gasteiger partial charge in [0.25, 0.3) is 0 Å². The van der Waals surface area contributed by atoms with Gasteiger partial charge in [0.1, 0.15) is 0 Å². The lowest BCUT2D eigenvalue weighted by molar-refractivity contribution is -0.147. The van der Waals surface area contributed by atoms with E-state index in [9.17, 15) is 9.59 Å². The van der Waals surface area contributed by atoms with E-state index in [0.717, 1.165) is 5.56 Å². The van der Waals surface area contributed by atoms with Gasteiger partial charge in [-0.25, -0.2) is 0 Å². The van der Waals surface area contributed by atoms with Crippen molar-refractivity contribution >= 4 is 23.4 Å². The number of ether oxygens (including phenoxy) is 1. The highest BCUT2D eigenvalue weighted by Gasteiger charge is 2.29. The van der Waals surface area contributed by atoms with Gasteiger partial charge in [-0.1, -0.05) is 23.7 Å². The molecule has 1 aromatic rings. The van der Waals surface area contributed by atoms with Crippen LogP contribution in [0.1, 0.15) is 26.3 Å². The molecule has 0 unspecified atom stereocenters. The fourth-order valence-corrected chi connectivity index (χ4v) is 1.50. The molecule has 92 valence electrons. The number of carbonyl (C=O) groups excluding carboxylic acids is 2. The second-order valence-electron chi connectivity index (χ2n) is 4.34. The Morgan fingerprint density at radius 3 is 2.24 bits per heavy atom. The maximum absolute atomic E-state index is 11.9. The molecule has 0 saturated heterocycles. The number of hydrogen-bond donors (Lipinski definition) is 0. The van der Waals surface area contributed by atoms with Gasteiger partial charge in [0.15, 0.2) is 12.4 Å². The van der Waals surface area contributed by atoms with Crippen molar-refractivity contribution in [3.8, 4) is 0 Å². The second-order valence-corrected chi connectivity index (χ2v) is 4.77. The summed E-state index contributed by atoms with van der Waals surface area (Å²) in [6.45, 7) is 4.66. The molecule has 0 aliphatic rings. The van der Waals surface area contributed by atoms with Crippen LogP contribution in [0.4, 0.5) is 0 Å². The topological polar surface area (TPSA) is 43.4 Å². The lowest BCUT2D eigenvalue weighted by Crippen LogP contribution is -2.33. The molecule has 1 rings (SSSR count). The molecule has 17 heavy (non-hydrogen) atoms. The van der Waals surface area contributed by atoms with Gasteiger partial charge in [-0.05, 0) is 31.5 Å². The van der Waals surface area contributed by atoms with Crippen molar-refractivity contribution in [3.63, 3.8) is 0 Å². The molecule has 0 spiro atoms. The number of ketones is 1. The molecular formula is C13H15ClO3. The summed E-state index contributed by atoms with van der Waals surface area (Å²) in [6, 6.07) is 7.07. The number of benzene rings is 1. The average molecular weight is 255 g/mol. The zero-order chi connectivity index (χ0) is 13.1. The van der Waals surface area contributed by atoms with Gasteiger partial charge in [-0.15, -0.1) is 0 Å². The highest BCUT2D eigenvalue weighted by molar-refractivity contribution is 6.30. The van der Waals surface area contributed by atoms with Crippen LogP contribution < -0.4 is 0 Å². The summed E-state index contributed by atoms with van der Waals surface area (Å²) in [6.07, 6.45) is 0. The van der Waals surface area contributed by atoms with Gasteiger partial charge < -0.3 is 4.74 Å². The Hall–Kier alpha value is -1.35. The standard InChI is InChI=1S/C13H15ClO3/c1-9(15)17-8-12(16)13(2,3)10-4-6-11(14)7-5-10/h4-7H,8H2,1-3H3. The summed E-state index contributed by atoms with van der Waals surface area (Å²) < 4.78 is 4.72. The van der Waals surface area contributed by atoms with E-state index in [1.165, 1.54) is 6.92 Å². The maximum atomic E-state index is 11.9. The second kappa shape index (κ2) is 5.32. The van der Waals surface area contributed by atoms with Crippen molar-refractivity contribution in [2.75, 3.05) is 6.61 Å². The quantitative estimate of drug-likeness (QED) is 0.776. The van der Waals surface area contributed by atoms with E-state index >= 15 is 0 Å². The van der Waals surface area contributed by atoms with E-state index in [-0.39, 0.29) is 12.4 Å². The third-order valence-corrected chi connectivity index (χ3v) is 2.92. The molecule has 0 atom stereocenters. The number of halogens is 1. The van der Waals surface area contributed by atoms with Gasteiger partial charge in [0.05, 0.1) is 5.41 Å². The number of carbonyl (C=O) groups is 2. The Labute approximate surface area is 106 Å². The van der Waals surface area contributed by atoms with Crippen LogP contribution in [-0.2, 0) is 19.7 Å². The van der Waals surface area contributed by atoms with Crippen LogP contribution >= 0.6 is 11.6 Å². The third-order valence-electron chi connectivity index (χ3n) is 2.67. The first-order chi connectivity index (χ1) is 7.84. The zero-order valence-electron chi connectivity index (χ0n) is 10.1. The van der Waals surface area contributed by atoms with Crippen molar-refractivity contribution in [1.29, 1.82) is 0 Å². The Kier molecular flexibility index (Phi) is 4.29. The Morgan fingerprint density at radius 2 is 1.76 bits per heavy atom. The summed E-state index contributed by atoms with van der Waals surface area (Å²) in [5.74, 6) is -0.597. The molecule has 0 aromatic heterocycles. The van der Waals surface area contributed by atoms with Gasteiger partial charge in [-0.3, -0.25) is 9.59 Å². The molecular weight excluding hydrogens is 240 g/mol. The predicted molar refractivity (Wildman–Crippen MR) is 66.1 cm³/mol. The monoisotopic (exact) mass is 254 g/mol. The number of esters is 1. The van der Waals surface area contributed by atoms with Crippen LogP contribution in [0.2, 0.25) is 5.02 Å². The van der Waals surface area contributed by atoms with Gasteiger partial charge in [0, 0.05) is 11.9 Å². The Balaban J connectivity index is 2.82. The number of rotatable bonds is 4. The largest absolute Gasteiger partial charge is 0.458 e. The molecule has 0 bridgehead atoms. The first-order valence-corrected chi connectivity index (χ1v) is 5.64. The Morgan fingerprint density at radius 1 is 1.24 bits per heavy atom. The van der Waals surface area contributed by atoms with E-state index in [2.05, 4.69) is 0 Å². The van der Waals surface area contributed by atoms with Crippen LogP contribution in [0.5, 0.6) is 0 Å². The molecule has 0 heterocycles. The van der Waals surface area contributed by atoms with Crippen molar-refractivity contribution in [3.05, 3.63) is 34.9 Å². The molecule has 3 nitrogen and oxygen atoms in total. The highest BCUT2D eigenvalue weighted by Crippen LogP contribution is 2.25. The molecule has 0 radical (unpaired) electrons. The first-order valence-electron chi connectivity index (χ1n) is 5.26. The van der Waals surface area contributed by atoms with E-state index in [4.69, 9.17) is 16.3 Å². The summed E-state index contributed by atoms with van der Waals surface area (Å²) in [7, 11) is 0. The SMILES string of the molecule is CC(=O)OCC(=O)C(C)(C)c1ccc(Cl)cc1. The summed E-state index contributed by atoms with van der Waals surface area (Å²) >= 11 is 5.79. The van der Waals surface area contributed by atoms with Crippen LogP contribution in [-0.4, -0.2) is 18.4 Å². The van der Waals surface area contributed by atoms with Crippen LogP contribution in [0.25, 0.3) is 0 Å². The van der Waals surface area contributed by atoms with Gasteiger partial charge in [0.2, 0.25) is 0 Å². The van der Waals surface area contributed by atoms with Crippen LogP contribution in [0.3, 0.4) is 0 Å². The Bertz CT molecular complexity index is 421.